The van der Waals surface area contributed by atoms with Gasteiger partial charge < -0.3 is 0 Å². The predicted molar refractivity (Wildman–Crippen MR) is 64.2 cm³/mol. The van der Waals surface area contributed by atoms with Crippen LogP contribution in [0.25, 0.3) is 0 Å². The molecule has 1 heterocycles. The lowest BCUT2D eigenvalue weighted by molar-refractivity contribution is 0.601. The molecule has 0 aromatic rings. The number of rotatable bonds is 5. The maximum Gasteiger partial charge on any atom is 0.166 e. The minimum Gasteiger partial charge on any atom is -0.274 e. The summed E-state index contributed by atoms with van der Waals surface area (Å²) in [7, 11) is 0. The van der Waals surface area contributed by atoms with E-state index < -0.39 is 46.9 Å². The van der Waals surface area contributed by atoms with Crippen LogP contribution in [0.2, 0.25) is 0 Å². The first-order valence-electron chi connectivity index (χ1n) is 3.40. The van der Waals surface area contributed by atoms with Crippen LogP contribution in [0.4, 0.5) is 19.4 Å². The second-order valence-corrected chi connectivity index (χ2v) is 5.22. The molecule has 1 aliphatic rings. The molecule has 1 atom stereocenters. The van der Waals surface area contributed by atoms with Gasteiger partial charge in [-0.05, 0) is 0 Å². The zero-order valence-electron chi connectivity index (χ0n) is 7.03. The molecule has 92 valence electrons. The third-order valence-corrected chi connectivity index (χ3v) is 4.87. The SMILES string of the molecule is FSC1=CN(SF)C(SF)C(SF)=C1SF. The van der Waals surface area contributed by atoms with Gasteiger partial charge in [0.25, 0.3) is 0 Å². The van der Waals surface area contributed by atoms with Crippen molar-refractivity contribution in [3.05, 3.63) is 20.9 Å². The molecule has 11 heteroatoms. The normalized spacial score (nSPS) is 21.4. The standard InChI is InChI=1S/C5H2F5NS5/c6-12-2-1-11(16-10)5(15-9)4(14-8)3(2)13-7/h1,5H. The molecule has 1 nitrogen and oxygen atoms in total. The average Bonchev–Trinajstić information content (AvgIpc) is 2.35. The van der Waals surface area contributed by atoms with Crippen molar-refractivity contribution in [3.8, 4) is 0 Å². The van der Waals surface area contributed by atoms with Crippen molar-refractivity contribution in [1.29, 1.82) is 0 Å². The van der Waals surface area contributed by atoms with E-state index in [2.05, 4.69) is 0 Å². The number of hydrogen-bond acceptors (Lipinski definition) is 6. The van der Waals surface area contributed by atoms with Crippen LogP contribution in [-0.4, -0.2) is 9.68 Å². The summed E-state index contributed by atoms with van der Waals surface area (Å²) < 4.78 is 63.0. The van der Waals surface area contributed by atoms with Crippen LogP contribution in [0, 0.1) is 0 Å². The topological polar surface area (TPSA) is 3.24 Å². The van der Waals surface area contributed by atoms with E-state index in [9.17, 15) is 19.4 Å². The monoisotopic (exact) mass is 331 g/mol. The van der Waals surface area contributed by atoms with Crippen LogP contribution in [0.15, 0.2) is 20.9 Å². The van der Waals surface area contributed by atoms with Crippen molar-refractivity contribution in [2.45, 2.75) is 5.37 Å². The molecular formula is C5H2F5NS5. The van der Waals surface area contributed by atoms with E-state index in [-0.39, 0.29) is 34.1 Å². The number of halogens is 5. The van der Waals surface area contributed by atoms with Crippen molar-refractivity contribution in [3.63, 3.8) is 0 Å². The van der Waals surface area contributed by atoms with Gasteiger partial charge in [-0.15, -0.1) is 3.89 Å². The first-order valence-corrected chi connectivity index (χ1v) is 7.00. The smallest absolute Gasteiger partial charge is 0.166 e. The fraction of sp³-hybridized carbons (Fsp3) is 0.200. The van der Waals surface area contributed by atoms with Gasteiger partial charge in [0, 0.05) is 6.20 Å². The average molecular weight is 331 g/mol. The van der Waals surface area contributed by atoms with Crippen LogP contribution in [0.5, 0.6) is 0 Å². The lowest BCUT2D eigenvalue weighted by Gasteiger charge is -2.28. The van der Waals surface area contributed by atoms with E-state index in [1.165, 1.54) is 0 Å². The van der Waals surface area contributed by atoms with E-state index in [1.54, 1.807) is 0 Å². The van der Waals surface area contributed by atoms with E-state index in [0.29, 0.717) is 4.31 Å². The minimum absolute atomic E-state index is 0.303. The summed E-state index contributed by atoms with van der Waals surface area (Å²) in [5, 5.41) is -1.36. The molecule has 1 aliphatic heterocycles. The second-order valence-electron chi connectivity index (χ2n) is 2.29. The Hall–Kier alpha value is 0.680. The largest absolute Gasteiger partial charge is 0.274 e. The molecule has 0 amide bonds. The van der Waals surface area contributed by atoms with E-state index >= 15 is 0 Å². The molecule has 0 spiro atoms. The zero-order chi connectivity index (χ0) is 12.1. The Kier molecular flexibility index (Phi) is 6.62. The highest BCUT2D eigenvalue weighted by Gasteiger charge is 2.34. The number of hydrogen-bond donors (Lipinski definition) is 0. The molecule has 1 rings (SSSR count). The molecule has 0 bridgehead atoms. The molecule has 0 saturated heterocycles. The zero-order valence-corrected chi connectivity index (χ0v) is 11.1. The van der Waals surface area contributed by atoms with Gasteiger partial charge in [-0.3, -0.25) is 4.31 Å². The van der Waals surface area contributed by atoms with Gasteiger partial charge in [0.05, 0.1) is 63.3 Å². The molecule has 0 N–H and O–H groups in total. The van der Waals surface area contributed by atoms with Gasteiger partial charge in [0.2, 0.25) is 0 Å². The maximum absolute atomic E-state index is 12.6. The molecule has 0 fully saturated rings. The Balaban J connectivity index is 3.15. The van der Waals surface area contributed by atoms with Crippen molar-refractivity contribution in [2.24, 2.45) is 0 Å². The Morgan fingerprint density at radius 3 is 2.06 bits per heavy atom. The maximum atomic E-state index is 12.6. The van der Waals surface area contributed by atoms with E-state index in [4.69, 9.17) is 0 Å². The Morgan fingerprint density at radius 1 is 1.00 bits per heavy atom. The summed E-state index contributed by atoms with van der Waals surface area (Å²) in [5.41, 5.74) is 0. The van der Waals surface area contributed by atoms with Crippen LogP contribution in [-0.2, 0) is 0 Å². The summed E-state index contributed by atoms with van der Waals surface area (Å²) in [6, 6.07) is 0. The van der Waals surface area contributed by atoms with Crippen LogP contribution < -0.4 is 0 Å². The molecule has 0 aromatic carbocycles. The van der Waals surface area contributed by atoms with Crippen molar-refractivity contribution in [2.75, 3.05) is 0 Å². The molecular weight excluding hydrogens is 329 g/mol. The summed E-state index contributed by atoms with van der Waals surface area (Å²) in [5.74, 6) is 0. The first-order chi connectivity index (χ1) is 7.73. The summed E-state index contributed by atoms with van der Waals surface area (Å²) in [6.45, 7) is 0. The van der Waals surface area contributed by atoms with Gasteiger partial charge in [-0.1, -0.05) is 0 Å². The van der Waals surface area contributed by atoms with Crippen molar-refractivity contribution in [1.82, 2.24) is 4.31 Å². The third-order valence-electron chi connectivity index (χ3n) is 1.55. The van der Waals surface area contributed by atoms with Crippen LogP contribution in [0.1, 0.15) is 0 Å². The Bertz CT molecular complexity index is 310. The van der Waals surface area contributed by atoms with Gasteiger partial charge in [0.15, 0.2) is 17.7 Å². The Morgan fingerprint density at radius 2 is 1.69 bits per heavy atom. The minimum atomic E-state index is -1.36. The summed E-state index contributed by atoms with van der Waals surface area (Å²) in [6.07, 6.45) is 0.883. The fourth-order valence-corrected chi connectivity index (χ4v) is 3.68. The van der Waals surface area contributed by atoms with E-state index in [0.717, 1.165) is 6.20 Å². The van der Waals surface area contributed by atoms with Crippen molar-refractivity contribution < 1.29 is 19.4 Å². The summed E-state index contributed by atoms with van der Waals surface area (Å²) in [4.78, 5) is -1.09. The highest BCUT2D eigenvalue weighted by molar-refractivity contribution is 8.06. The Labute approximate surface area is 111 Å². The molecule has 16 heavy (non-hydrogen) atoms. The summed E-state index contributed by atoms with van der Waals surface area (Å²) >= 11 is -1.97. The number of nitrogens with zero attached hydrogens (tertiary/aromatic N) is 1. The van der Waals surface area contributed by atoms with Crippen LogP contribution in [0.3, 0.4) is 0 Å². The van der Waals surface area contributed by atoms with Gasteiger partial charge in [0.1, 0.15) is 0 Å². The van der Waals surface area contributed by atoms with E-state index in [1.807, 2.05) is 0 Å². The molecule has 0 radical (unpaired) electrons. The van der Waals surface area contributed by atoms with Crippen LogP contribution >= 0.6 is 60.9 Å². The highest BCUT2D eigenvalue weighted by atomic mass is 32.2. The first kappa shape index (κ1) is 14.7. The molecule has 0 aromatic heterocycles. The fourth-order valence-electron chi connectivity index (χ4n) is 0.931. The van der Waals surface area contributed by atoms with Gasteiger partial charge >= 0.3 is 0 Å². The van der Waals surface area contributed by atoms with Gasteiger partial charge in [-0.2, -0.15) is 15.5 Å². The van der Waals surface area contributed by atoms with Crippen molar-refractivity contribution >= 4 is 60.9 Å². The quantitative estimate of drug-likeness (QED) is 0.467. The molecule has 0 saturated carbocycles. The lowest BCUT2D eigenvalue weighted by atomic mass is 10.4. The third kappa shape index (κ3) is 2.92. The predicted octanol–water partition coefficient (Wildman–Crippen LogP) is 5.68. The lowest BCUT2D eigenvalue weighted by Crippen LogP contribution is -2.25. The highest BCUT2D eigenvalue weighted by Crippen LogP contribution is 2.49. The molecule has 0 aliphatic carbocycles. The van der Waals surface area contributed by atoms with Gasteiger partial charge in [-0.25, -0.2) is 0 Å². The molecule has 1 unspecified atom stereocenters. The second kappa shape index (κ2) is 7.19.